The summed E-state index contributed by atoms with van der Waals surface area (Å²) in [4.78, 5) is 22.9. The zero-order chi connectivity index (χ0) is 14.5. The van der Waals surface area contributed by atoms with Gasteiger partial charge in [0.25, 0.3) is 0 Å². The van der Waals surface area contributed by atoms with Crippen LogP contribution in [0, 0.1) is 11.7 Å². The number of carboxylic acids is 1. The predicted octanol–water partition coefficient (Wildman–Crippen LogP) is 0.699. The van der Waals surface area contributed by atoms with E-state index in [1.54, 1.807) is 0 Å². The fraction of sp³-hybridized carbons (Fsp3) is 0.429. The quantitative estimate of drug-likeness (QED) is 0.861. The molecule has 0 aromatic heterocycles. The number of ether oxygens (including phenoxy) is 1. The molecule has 1 aliphatic rings. The topological polar surface area (TPSA) is 78.5 Å². The summed E-state index contributed by atoms with van der Waals surface area (Å²) in [6.45, 7) is 0.526. The average molecular weight is 280 g/mol. The second kappa shape index (κ2) is 6.47. The molecule has 1 saturated heterocycles. The van der Waals surface area contributed by atoms with Crippen LogP contribution in [0.15, 0.2) is 24.3 Å². The van der Waals surface area contributed by atoms with Crippen molar-refractivity contribution in [3.8, 4) is 0 Å². The molecule has 1 amide bonds. The number of carbonyl (C=O) groups is 2. The Morgan fingerprint density at radius 2 is 2.10 bits per heavy atom. The third-order valence-corrected chi connectivity index (χ3v) is 3.25. The first-order valence-corrected chi connectivity index (χ1v) is 6.44. The lowest BCUT2D eigenvalue weighted by molar-refractivity contribution is -0.307. The van der Waals surface area contributed by atoms with Crippen molar-refractivity contribution in [1.29, 1.82) is 0 Å². The maximum Gasteiger partial charge on any atom is 0.230 e. The van der Waals surface area contributed by atoms with Gasteiger partial charge in [-0.1, -0.05) is 0 Å². The molecular formula is C14H15FNO4-. The molecule has 1 fully saturated rings. The normalized spacial score (nSPS) is 19.6. The second-order valence-electron chi connectivity index (χ2n) is 4.73. The number of nitrogens with one attached hydrogen (secondary N) is 1. The van der Waals surface area contributed by atoms with Crippen LogP contribution >= 0.6 is 0 Å². The molecule has 0 spiro atoms. The van der Waals surface area contributed by atoms with Crippen LogP contribution < -0.4 is 10.4 Å². The van der Waals surface area contributed by atoms with Crippen LogP contribution in [-0.2, 0) is 14.3 Å². The van der Waals surface area contributed by atoms with Crippen molar-refractivity contribution in [2.75, 3.05) is 11.9 Å². The minimum absolute atomic E-state index is 0.391. The van der Waals surface area contributed by atoms with E-state index in [9.17, 15) is 19.1 Å². The van der Waals surface area contributed by atoms with Crippen LogP contribution in [0.5, 0.6) is 0 Å². The molecule has 20 heavy (non-hydrogen) atoms. The Morgan fingerprint density at radius 3 is 2.65 bits per heavy atom. The molecule has 108 valence electrons. The van der Waals surface area contributed by atoms with E-state index in [1.165, 1.54) is 24.3 Å². The Balaban J connectivity index is 2.05. The summed E-state index contributed by atoms with van der Waals surface area (Å²) in [6.07, 6.45) is 0.651. The Labute approximate surface area is 115 Å². The first-order chi connectivity index (χ1) is 9.56. The van der Waals surface area contributed by atoms with Gasteiger partial charge in [-0.15, -0.1) is 0 Å². The van der Waals surface area contributed by atoms with Gasteiger partial charge in [0.05, 0.1) is 12.0 Å². The number of benzene rings is 1. The van der Waals surface area contributed by atoms with Crippen LogP contribution in [-0.4, -0.2) is 24.6 Å². The van der Waals surface area contributed by atoms with Crippen molar-refractivity contribution < 1.29 is 23.8 Å². The molecule has 1 aromatic rings. The van der Waals surface area contributed by atoms with Crippen molar-refractivity contribution >= 4 is 17.6 Å². The lowest BCUT2D eigenvalue weighted by Crippen LogP contribution is -2.38. The molecule has 0 radical (unpaired) electrons. The predicted molar refractivity (Wildman–Crippen MR) is 67.1 cm³/mol. The molecule has 0 aliphatic carbocycles. The summed E-state index contributed by atoms with van der Waals surface area (Å²) in [5.41, 5.74) is 0.415. The number of anilines is 1. The second-order valence-corrected chi connectivity index (χ2v) is 4.73. The number of aliphatic carboxylic acids is 1. The molecule has 0 saturated carbocycles. The van der Waals surface area contributed by atoms with Crippen LogP contribution in [0.1, 0.15) is 19.3 Å². The first kappa shape index (κ1) is 14.5. The fourth-order valence-electron chi connectivity index (χ4n) is 2.26. The number of halogens is 1. The SMILES string of the molecule is O=C([O-])C[C@@H](C(=O)Nc1ccc(F)cc1)[C@@H]1CCCO1. The highest BCUT2D eigenvalue weighted by Crippen LogP contribution is 2.24. The van der Waals surface area contributed by atoms with E-state index in [0.717, 1.165) is 6.42 Å². The molecule has 2 rings (SSSR count). The van der Waals surface area contributed by atoms with E-state index < -0.39 is 36.1 Å². The van der Waals surface area contributed by atoms with Gasteiger partial charge in [0.15, 0.2) is 0 Å². The maximum absolute atomic E-state index is 12.8. The van der Waals surface area contributed by atoms with Crippen molar-refractivity contribution in [3.63, 3.8) is 0 Å². The van der Waals surface area contributed by atoms with E-state index in [2.05, 4.69) is 5.32 Å². The number of hydrogen-bond acceptors (Lipinski definition) is 4. The van der Waals surface area contributed by atoms with Crippen LogP contribution in [0.4, 0.5) is 10.1 Å². The van der Waals surface area contributed by atoms with Gasteiger partial charge < -0.3 is 20.0 Å². The van der Waals surface area contributed by atoms with Crippen molar-refractivity contribution in [3.05, 3.63) is 30.1 Å². The van der Waals surface area contributed by atoms with Crippen molar-refractivity contribution in [1.82, 2.24) is 0 Å². The van der Waals surface area contributed by atoms with Crippen LogP contribution in [0.25, 0.3) is 0 Å². The molecule has 5 nitrogen and oxygen atoms in total. The zero-order valence-corrected chi connectivity index (χ0v) is 10.8. The molecule has 1 N–H and O–H groups in total. The zero-order valence-electron chi connectivity index (χ0n) is 10.8. The monoisotopic (exact) mass is 280 g/mol. The summed E-state index contributed by atoms with van der Waals surface area (Å²) in [6, 6.07) is 5.27. The van der Waals surface area contributed by atoms with E-state index in [4.69, 9.17) is 4.74 Å². The summed E-state index contributed by atoms with van der Waals surface area (Å²) < 4.78 is 18.2. The third-order valence-electron chi connectivity index (χ3n) is 3.25. The van der Waals surface area contributed by atoms with Gasteiger partial charge in [-0.2, -0.15) is 0 Å². The third kappa shape index (κ3) is 3.77. The standard InChI is InChI=1S/C14H16FNO4/c15-9-3-5-10(6-4-9)16-14(19)11(8-13(17)18)12-2-1-7-20-12/h3-6,11-12H,1-2,7-8H2,(H,16,19)(H,17,18)/p-1/t11-,12+/m1/s1. The molecule has 0 bridgehead atoms. The molecule has 1 aliphatic heterocycles. The van der Waals surface area contributed by atoms with E-state index >= 15 is 0 Å². The van der Waals surface area contributed by atoms with Crippen LogP contribution in [0.3, 0.4) is 0 Å². The van der Waals surface area contributed by atoms with Gasteiger partial charge >= 0.3 is 0 Å². The lowest BCUT2D eigenvalue weighted by Gasteiger charge is -2.22. The van der Waals surface area contributed by atoms with Gasteiger partial charge in [0.2, 0.25) is 5.91 Å². The van der Waals surface area contributed by atoms with Crippen molar-refractivity contribution in [2.24, 2.45) is 5.92 Å². The fourth-order valence-corrected chi connectivity index (χ4v) is 2.26. The largest absolute Gasteiger partial charge is 0.550 e. The number of rotatable bonds is 5. The Hall–Kier alpha value is -1.95. The highest BCUT2D eigenvalue weighted by atomic mass is 19.1. The van der Waals surface area contributed by atoms with Crippen LogP contribution in [0.2, 0.25) is 0 Å². The van der Waals surface area contributed by atoms with Crippen molar-refractivity contribution in [2.45, 2.75) is 25.4 Å². The highest BCUT2D eigenvalue weighted by molar-refractivity contribution is 5.94. The molecule has 6 heteroatoms. The molecule has 1 heterocycles. The Morgan fingerprint density at radius 1 is 1.40 bits per heavy atom. The minimum Gasteiger partial charge on any atom is -0.550 e. The van der Waals surface area contributed by atoms with Gasteiger partial charge in [-0.25, -0.2) is 4.39 Å². The Kier molecular flexibility index (Phi) is 4.68. The van der Waals surface area contributed by atoms with E-state index in [0.29, 0.717) is 18.7 Å². The Bertz CT molecular complexity index is 482. The minimum atomic E-state index is -1.29. The number of carboxylic acid groups (broad SMARTS) is 1. The van der Waals surface area contributed by atoms with Gasteiger partial charge in [-0.05, 0) is 37.1 Å². The number of hydrogen-bond donors (Lipinski definition) is 1. The molecule has 2 atom stereocenters. The summed E-state index contributed by atoms with van der Waals surface area (Å²) >= 11 is 0. The van der Waals surface area contributed by atoms with Gasteiger partial charge in [0.1, 0.15) is 5.82 Å². The van der Waals surface area contributed by atoms with E-state index in [1.807, 2.05) is 0 Å². The summed E-state index contributed by atoms with van der Waals surface area (Å²) in [5.74, 6) is -2.95. The molecule has 1 aromatic carbocycles. The first-order valence-electron chi connectivity index (χ1n) is 6.44. The number of carbonyl (C=O) groups excluding carboxylic acids is 2. The van der Waals surface area contributed by atoms with Gasteiger partial charge in [-0.3, -0.25) is 4.79 Å². The highest BCUT2D eigenvalue weighted by Gasteiger charge is 2.31. The number of amides is 1. The molecular weight excluding hydrogens is 265 g/mol. The molecule has 0 unspecified atom stereocenters. The summed E-state index contributed by atoms with van der Waals surface area (Å²) in [7, 11) is 0. The van der Waals surface area contributed by atoms with Gasteiger partial charge in [0, 0.05) is 24.7 Å². The maximum atomic E-state index is 12.8. The van der Waals surface area contributed by atoms with E-state index in [-0.39, 0.29) is 0 Å². The summed E-state index contributed by atoms with van der Waals surface area (Å²) in [5, 5.41) is 13.3. The smallest absolute Gasteiger partial charge is 0.230 e. The lowest BCUT2D eigenvalue weighted by atomic mass is 9.95. The average Bonchev–Trinajstić information content (AvgIpc) is 2.92.